The molecule has 1 saturated heterocycles. The van der Waals surface area contributed by atoms with Gasteiger partial charge in [0.25, 0.3) is 11.8 Å². The number of hydrogen-bond acceptors (Lipinski definition) is 10. The molecule has 0 aliphatic carbocycles. The number of thiophene rings is 2. The van der Waals surface area contributed by atoms with Gasteiger partial charge in [-0.3, -0.25) is 9.59 Å². The van der Waals surface area contributed by atoms with Crippen LogP contribution >= 0.6 is 22.7 Å². The highest BCUT2D eigenvalue weighted by Crippen LogP contribution is 2.45. The zero-order valence-electron chi connectivity index (χ0n) is 34.4. The van der Waals surface area contributed by atoms with Gasteiger partial charge in [0.1, 0.15) is 29.8 Å². The number of amides is 4. The van der Waals surface area contributed by atoms with Crippen molar-refractivity contribution in [3.8, 4) is 21.1 Å². The number of aromatic amines is 2. The molecule has 2 unspecified atom stereocenters. The maximum absolute atomic E-state index is 14.0. The number of fused-ring (bicyclic) bond motifs is 2. The number of aromatic nitrogens is 4. The van der Waals surface area contributed by atoms with Gasteiger partial charge in [0.2, 0.25) is 0 Å². The lowest BCUT2D eigenvalue weighted by Gasteiger charge is -2.28. The molecular formula is C46H44N8O6S2. The summed E-state index contributed by atoms with van der Waals surface area (Å²) in [5.41, 5.74) is 5.42. The van der Waals surface area contributed by atoms with E-state index in [0.29, 0.717) is 35.9 Å². The van der Waals surface area contributed by atoms with Crippen LogP contribution in [-0.2, 0) is 19.1 Å². The van der Waals surface area contributed by atoms with Crippen LogP contribution in [0, 0.1) is 13.8 Å². The van der Waals surface area contributed by atoms with Gasteiger partial charge in [-0.25, -0.2) is 19.6 Å². The predicted molar refractivity (Wildman–Crippen MR) is 239 cm³/mol. The van der Waals surface area contributed by atoms with Crippen LogP contribution < -0.4 is 10.6 Å². The zero-order valence-corrected chi connectivity index (χ0v) is 36.1. The first-order valence-electron chi connectivity index (χ1n) is 20.3. The Kier molecular flexibility index (Phi) is 11.1. The minimum Gasteiger partial charge on any atom is -0.453 e. The molecule has 2 aliphatic heterocycles. The van der Waals surface area contributed by atoms with Gasteiger partial charge < -0.3 is 39.9 Å². The highest BCUT2D eigenvalue weighted by molar-refractivity contribution is 7.24. The first kappa shape index (κ1) is 40.6. The van der Waals surface area contributed by atoms with Crippen molar-refractivity contribution in [2.45, 2.75) is 50.9 Å². The quantitative estimate of drug-likeness (QED) is 0.0987. The fourth-order valence-electron chi connectivity index (χ4n) is 8.50. The topological polar surface area (TPSA) is 175 Å². The number of nitrogens with one attached hydrogen (secondary N) is 4. The molecule has 4 aromatic heterocycles. The molecule has 0 saturated carbocycles. The third kappa shape index (κ3) is 7.49. The Bertz CT molecular complexity index is 2790. The van der Waals surface area contributed by atoms with Crippen molar-refractivity contribution >= 4 is 66.8 Å². The first-order chi connectivity index (χ1) is 30.1. The number of rotatable bonds is 10. The molecule has 3 aromatic carbocycles. The van der Waals surface area contributed by atoms with Crippen LogP contribution in [-0.4, -0.2) is 81.0 Å². The molecule has 0 radical (unpaired) electrons. The van der Waals surface area contributed by atoms with Crippen LogP contribution in [0.15, 0.2) is 97.3 Å². The molecule has 0 spiro atoms. The second-order valence-corrected chi connectivity index (χ2v) is 17.4. The number of imidazole rings is 2. The van der Waals surface area contributed by atoms with Gasteiger partial charge in [0, 0.05) is 22.5 Å². The lowest BCUT2D eigenvalue weighted by molar-refractivity contribution is -0.135. The number of likely N-dealkylation sites (tertiary alicyclic amines) is 1. The summed E-state index contributed by atoms with van der Waals surface area (Å²) in [5, 5.41) is 7.76. The van der Waals surface area contributed by atoms with E-state index in [1.54, 1.807) is 44.6 Å². The summed E-state index contributed by atoms with van der Waals surface area (Å²) in [4.78, 5) is 74.8. The molecule has 2 aliphatic rings. The van der Waals surface area contributed by atoms with Crippen molar-refractivity contribution in [3.63, 3.8) is 0 Å². The normalized spacial score (nSPS) is 17.1. The van der Waals surface area contributed by atoms with Crippen molar-refractivity contribution < 1.29 is 28.7 Å². The largest absolute Gasteiger partial charge is 0.453 e. The first-order valence-corrected chi connectivity index (χ1v) is 21.9. The van der Waals surface area contributed by atoms with Gasteiger partial charge in [-0.05, 0) is 71.8 Å². The van der Waals surface area contributed by atoms with E-state index in [0.717, 1.165) is 39.4 Å². The smallest absolute Gasteiger partial charge is 0.407 e. The molecule has 9 rings (SSSR count). The second kappa shape index (κ2) is 16.9. The maximum Gasteiger partial charge on any atom is 0.407 e. The lowest BCUT2D eigenvalue weighted by atomic mass is 10.0. The van der Waals surface area contributed by atoms with E-state index in [4.69, 9.17) is 19.4 Å². The number of methoxy groups -OCH3 is 2. The van der Waals surface area contributed by atoms with Gasteiger partial charge in [0.05, 0.1) is 53.8 Å². The van der Waals surface area contributed by atoms with E-state index in [-0.39, 0.29) is 17.9 Å². The van der Waals surface area contributed by atoms with Crippen molar-refractivity contribution in [2.24, 2.45) is 0 Å². The second-order valence-electron chi connectivity index (χ2n) is 15.3. The van der Waals surface area contributed by atoms with E-state index in [1.807, 2.05) is 73.1 Å². The molecule has 62 heavy (non-hydrogen) atoms. The number of carbonyl (C=O) groups excluding carboxylic acids is 4. The van der Waals surface area contributed by atoms with Crippen LogP contribution in [0.4, 0.5) is 9.59 Å². The average Bonchev–Trinajstić information content (AvgIpc) is 4.15. The van der Waals surface area contributed by atoms with Gasteiger partial charge in [0.15, 0.2) is 0 Å². The highest BCUT2D eigenvalue weighted by Gasteiger charge is 2.38. The van der Waals surface area contributed by atoms with Crippen LogP contribution in [0.3, 0.4) is 0 Å². The van der Waals surface area contributed by atoms with Crippen LogP contribution in [0.5, 0.6) is 0 Å². The number of carbonyl (C=O) groups is 4. The molecule has 7 aromatic rings. The molecule has 0 bridgehead atoms. The number of benzene rings is 3. The number of H-pyrrole nitrogens is 2. The fraction of sp³-hybridized carbons (Fsp3) is 0.261. The molecule has 4 amide bonds. The third-order valence-electron chi connectivity index (χ3n) is 11.7. The Morgan fingerprint density at radius 1 is 0.726 bits per heavy atom. The minimum atomic E-state index is -0.927. The molecule has 1 fully saturated rings. The summed E-state index contributed by atoms with van der Waals surface area (Å²) in [6.07, 6.45) is 7.73. The van der Waals surface area contributed by atoms with Gasteiger partial charge >= 0.3 is 12.2 Å². The summed E-state index contributed by atoms with van der Waals surface area (Å²) in [6, 6.07) is 20.2. The summed E-state index contributed by atoms with van der Waals surface area (Å²) in [7, 11) is 2.56. The van der Waals surface area contributed by atoms with E-state index in [2.05, 4.69) is 46.6 Å². The van der Waals surface area contributed by atoms with Gasteiger partial charge in [-0.1, -0.05) is 72.8 Å². The van der Waals surface area contributed by atoms with Crippen LogP contribution in [0.25, 0.3) is 41.3 Å². The Labute approximate surface area is 365 Å². The van der Waals surface area contributed by atoms with E-state index in [1.165, 1.54) is 40.1 Å². The number of aryl methyl sites for hydroxylation is 2. The van der Waals surface area contributed by atoms with Crippen molar-refractivity contribution in [1.82, 2.24) is 40.4 Å². The minimum absolute atomic E-state index is 0.213. The predicted octanol–water partition coefficient (Wildman–Crippen LogP) is 8.81. The SMILES string of the molecule is COC(=O)NC(C(=O)N1CC=C[C@H]1c1ncc(-c2cc3c(C)c4sc(-c5cnc([C@@H]6CCCN6C(=O)C(NC(=O)OC)c6ccccc6)[nH]5)cc4c(C)c3s2)[nH]1)c1ccccc1. The Morgan fingerprint density at radius 2 is 1.23 bits per heavy atom. The van der Waals surface area contributed by atoms with E-state index < -0.39 is 30.3 Å². The van der Waals surface area contributed by atoms with Gasteiger partial charge in [-0.15, -0.1) is 22.7 Å². The summed E-state index contributed by atoms with van der Waals surface area (Å²) in [6.45, 7) is 5.23. The molecule has 316 valence electrons. The van der Waals surface area contributed by atoms with Crippen molar-refractivity contribution in [1.29, 1.82) is 0 Å². The Hall–Kier alpha value is -6.78. The molecule has 4 atom stereocenters. The Balaban J connectivity index is 0.954. The lowest BCUT2D eigenvalue weighted by Crippen LogP contribution is -2.43. The third-order valence-corrected chi connectivity index (χ3v) is 14.3. The fourth-order valence-corrected chi connectivity index (χ4v) is 10.9. The number of hydrogen-bond donors (Lipinski definition) is 4. The van der Waals surface area contributed by atoms with E-state index in [9.17, 15) is 19.2 Å². The maximum atomic E-state index is 14.0. The summed E-state index contributed by atoms with van der Waals surface area (Å²) < 4.78 is 12.1. The molecular weight excluding hydrogens is 825 g/mol. The highest BCUT2D eigenvalue weighted by atomic mass is 32.1. The average molecular weight is 869 g/mol. The zero-order chi connectivity index (χ0) is 43.1. The monoisotopic (exact) mass is 868 g/mol. The molecule has 4 N–H and O–H groups in total. The van der Waals surface area contributed by atoms with Crippen LogP contribution in [0.2, 0.25) is 0 Å². The molecule has 6 heterocycles. The number of ether oxygens (including phenoxy) is 2. The van der Waals surface area contributed by atoms with Gasteiger partial charge in [-0.2, -0.15) is 0 Å². The molecule has 16 heteroatoms. The van der Waals surface area contributed by atoms with E-state index >= 15 is 0 Å². The molecule has 14 nitrogen and oxygen atoms in total. The van der Waals surface area contributed by atoms with Crippen molar-refractivity contribution in [2.75, 3.05) is 27.3 Å². The number of nitrogens with zero attached hydrogens (tertiary/aromatic N) is 4. The van der Waals surface area contributed by atoms with Crippen molar-refractivity contribution in [3.05, 3.63) is 131 Å². The summed E-state index contributed by atoms with van der Waals surface area (Å²) in [5.74, 6) is 0.850. The number of alkyl carbamates (subject to hydrolysis) is 2. The standard InChI is InChI=1S/C46H44N8O6S2/c1-25-29-21-35(31-23-47-41(49-31)33-17-11-19-53(33)43(55)37(51-45(57)59-3)27-13-7-5-8-14-27)62-40(29)26(2)30-22-36(61-39(25)30)32-24-48-42(50-32)34-18-12-20-54(34)44(56)38(52-46(58)60-4)28-15-9-6-10-16-28/h5-11,13-17,21-24,33-34,37-38H,12,18-20H2,1-4H3,(H,47,49)(H,48,50)(H,51,57)(H,52,58)/t33-,34-,37?,38?/m0/s1. The Morgan fingerprint density at radius 3 is 1.76 bits per heavy atom. The summed E-state index contributed by atoms with van der Waals surface area (Å²) >= 11 is 3.40. The van der Waals surface area contributed by atoms with Crippen LogP contribution in [0.1, 0.15) is 70.9 Å².